The number of carboxylic acid groups (broad SMARTS) is 4. The third-order valence-corrected chi connectivity index (χ3v) is 23.1. The quantitative estimate of drug-likeness (QED) is 0.0253. The fourth-order valence-electron chi connectivity index (χ4n) is 16.7. The summed E-state index contributed by atoms with van der Waals surface area (Å²) in [6.45, 7) is -5.12. The monoisotopic (exact) mass is 1960 g/mol. The summed E-state index contributed by atoms with van der Waals surface area (Å²) in [5.41, 5.74) is 0. The Kier molecular flexibility index (Phi) is 39.3. The summed E-state index contributed by atoms with van der Waals surface area (Å²) < 4.78 is 97.4. The normalized spacial score (nSPS) is 41.0. The number of nitrogens with one attached hydrogen (secondary N) is 5. The molecule has 0 aromatic carbocycles. The van der Waals surface area contributed by atoms with Crippen molar-refractivity contribution in [2.45, 2.75) is 342 Å². The Bertz CT molecular complexity index is 3980. The number of aliphatic hydroxyl groups excluding tert-OH is 23. The van der Waals surface area contributed by atoms with Gasteiger partial charge in [-0.25, -0.2) is 19.2 Å². The van der Waals surface area contributed by atoms with Crippen LogP contribution in [0.5, 0.6) is 0 Å². The van der Waals surface area contributed by atoms with Crippen LogP contribution in [-0.2, 0) is 133 Å². The molecule has 60 heteroatoms. The SMILES string of the molecule is CC(=O)N[C@H]1[C@H](O[C@@H]2[C@H](O[C@]3(C(=O)O)C[C@H](O)[C@@H](NC(C)=O)[C@H]([C@H](O)[C@@H](CO)O[C@]4(C(=O)O)C[C@H](O)[C@@H](NC(C)=O)[C@H]([C@H](O)[C@H](O)COC(C)=O)O4)O3)[C@@H](O)[C@H](O[C@H]3[C@H](O)[C@@H](O)[C@H](O)O[C@@H]3CO)O[C@@H]2CO)O[C@H](CO)[C@H](O)[C@@H]1O[C@@H]1O[C@H](CO)[C@H](O)[C@H](O[C@]2(C(=O)O)C[C@H](O)[C@@H](NC(C)=O)[C@H]([C@H](O)[C@@H](CO)O[C@]3(C(=O)O)C[C@H](O)[C@@H](NC(C)=O)[C@H]([C@H](O)[C@H](O)COC(C)=O)O3)O2)[C@H]1O. The van der Waals surface area contributed by atoms with E-state index in [0.717, 1.165) is 48.5 Å². The third-order valence-electron chi connectivity index (χ3n) is 23.1. The molecule has 8 aliphatic rings. The van der Waals surface area contributed by atoms with Gasteiger partial charge in [0.15, 0.2) is 25.2 Å². The number of ether oxygens (including phenoxy) is 17. The second-order valence-corrected chi connectivity index (χ2v) is 33.0. The van der Waals surface area contributed by atoms with E-state index in [1.165, 1.54) is 0 Å². The number of carboxylic acids is 4. The van der Waals surface area contributed by atoms with E-state index in [1.54, 1.807) is 0 Å². The van der Waals surface area contributed by atoms with Gasteiger partial charge < -0.3 is 245 Å². The molecule has 32 N–H and O–H groups in total. The standard InChI is InChI=1S/C74H117N5O55/c1-20(86)75-39-27(93)8-71(67(110)111,129-57(39)44(99)31(97)18-118-25(6)91)127-35(14-82)48(103)59-41(77-22(3)88)29(95)10-73(131-59,69(114)115)133-61-47(102)34(13-81)122-65(52(61)107)126-56-43(79-24(5)90)64(121-33(12-80)46(56)101)125-55-38(17-85)123-66(124-54-37(16-84)120-63(109)51(106)50(54)105)53(108)62(55)134-74(70(116)117)11-30(96)42(78-23(4)89)60(132-74)49(104)36(15-83)128-72(68(112)113)9-28(94)40(76-21(2)87)58(130-72)45(100)32(98)19-119-26(7)92/h27-66,80-85,93-109H,8-19H2,1-7H3,(H,75,86)(H,76,87)(H,77,88)(H,78,89)(H,79,90)(H,110,111)(H,112,113)(H,114,115)(H,116,117)/t27-,28-,29-,30-,31+,32+,33+,34+,35+,36+,37+,38+,39+,40+,41+,42+,43+,44+,45+,46-,47-,48+,49+,50+,51+,52+,53+,54+,55-,56+,57+,58+,59+,60+,61-,62+,63+,64-,65-,66-,71+,72+,73-,74-/m0/s1. The number of carbonyl (C=O) groups excluding carboxylic acids is 7. The van der Waals surface area contributed by atoms with Gasteiger partial charge in [0.1, 0.15) is 184 Å². The van der Waals surface area contributed by atoms with Crippen molar-refractivity contribution in [2.24, 2.45) is 0 Å². The van der Waals surface area contributed by atoms with Gasteiger partial charge in [0.05, 0.1) is 88.2 Å². The molecule has 60 nitrogen and oxygen atoms in total. The van der Waals surface area contributed by atoms with Gasteiger partial charge in [-0.1, -0.05) is 0 Å². The molecule has 0 bridgehead atoms. The summed E-state index contributed by atoms with van der Waals surface area (Å²) in [4.78, 5) is 143. The smallest absolute Gasteiger partial charge is 0.364 e. The molecular formula is C74H117N5O55. The Morgan fingerprint density at radius 3 is 0.963 bits per heavy atom. The topological polar surface area (TPSA) is 951 Å². The molecule has 0 aromatic heterocycles. The lowest BCUT2D eigenvalue weighted by molar-refractivity contribution is -0.405. The number of hydrogen-bond donors (Lipinski definition) is 32. The van der Waals surface area contributed by atoms with Crippen LogP contribution in [0.3, 0.4) is 0 Å². The summed E-state index contributed by atoms with van der Waals surface area (Å²) in [5, 5.41) is 319. The average Bonchev–Trinajstić information content (AvgIpc) is 0.723. The lowest BCUT2D eigenvalue weighted by Gasteiger charge is -2.53. The first kappa shape index (κ1) is 112. The van der Waals surface area contributed by atoms with E-state index >= 15 is 0 Å². The Morgan fingerprint density at radius 1 is 0.328 bits per heavy atom. The second kappa shape index (κ2) is 47.1. The van der Waals surface area contributed by atoms with Crippen LogP contribution in [0.1, 0.15) is 74.1 Å². The highest BCUT2D eigenvalue weighted by molar-refractivity contribution is 5.79. The van der Waals surface area contributed by atoms with Crippen molar-refractivity contribution in [3.8, 4) is 0 Å². The predicted molar refractivity (Wildman–Crippen MR) is 410 cm³/mol. The number of rotatable bonds is 41. The molecule has 0 radical (unpaired) electrons. The first-order valence-corrected chi connectivity index (χ1v) is 41.4. The predicted octanol–water partition coefficient (Wildman–Crippen LogP) is -19.8. The number of hydrogen-bond acceptors (Lipinski definition) is 51. The molecule has 5 amide bonds. The van der Waals surface area contributed by atoms with Crippen LogP contribution >= 0.6 is 0 Å². The largest absolute Gasteiger partial charge is 0.477 e. The fraction of sp³-hybridized carbons (Fsp3) is 0.851. The zero-order chi connectivity index (χ0) is 100. The van der Waals surface area contributed by atoms with Gasteiger partial charge in [0, 0.05) is 74.1 Å². The maximum Gasteiger partial charge on any atom is 0.364 e. The minimum atomic E-state index is -3.84. The van der Waals surface area contributed by atoms with Crippen molar-refractivity contribution in [1.82, 2.24) is 26.6 Å². The summed E-state index contributed by atoms with van der Waals surface area (Å²) in [6.07, 6.45) is -93.1. The Balaban J connectivity index is 1.18. The van der Waals surface area contributed by atoms with Crippen LogP contribution in [0, 0.1) is 0 Å². The molecule has 8 fully saturated rings. The van der Waals surface area contributed by atoms with E-state index in [1.807, 2.05) is 0 Å². The van der Waals surface area contributed by atoms with Crippen LogP contribution in [0.15, 0.2) is 0 Å². The molecule has 8 saturated heterocycles. The van der Waals surface area contributed by atoms with E-state index in [4.69, 9.17) is 80.5 Å². The van der Waals surface area contributed by atoms with Gasteiger partial charge in [-0.3, -0.25) is 33.6 Å². The zero-order valence-electron chi connectivity index (χ0n) is 72.1. The molecule has 8 heterocycles. The summed E-state index contributed by atoms with van der Waals surface area (Å²) >= 11 is 0. The molecule has 768 valence electrons. The van der Waals surface area contributed by atoms with E-state index in [-0.39, 0.29) is 0 Å². The van der Waals surface area contributed by atoms with Gasteiger partial charge in [-0.2, -0.15) is 0 Å². The highest BCUT2D eigenvalue weighted by Crippen LogP contribution is 2.46. The maximum absolute atomic E-state index is 14.4. The fourth-order valence-corrected chi connectivity index (χ4v) is 16.7. The van der Waals surface area contributed by atoms with Crippen molar-refractivity contribution in [3.63, 3.8) is 0 Å². The number of aliphatic carboxylic acids is 4. The number of esters is 2. The number of amides is 5. The van der Waals surface area contributed by atoms with Gasteiger partial charge >= 0.3 is 35.8 Å². The van der Waals surface area contributed by atoms with Gasteiger partial charge in [-0.05, 0) is 0 Å². The van der Waals surface area contributed by atoms with Crippen LogP contribution in [0.25, 0.3) is 0 Å². The van der Waals surface area contributed by atoms with Crippen LogP contribution in [-0.4, -0.2) is 524 Å². The molecule has 0 spiro atoms. The van der Waals surface area contributed by atoms with E-state index in [9.17, 15) is 191 Å². The van der Waals surface area contributed by atoms with E-state index in [2.05, 4.69) is 26.6 Å². The van der Waals surface area contributed by atoms with Crippen molar-refractivity contribution in [3.05, 3.63) is 0 Å². The Morgan fingerprint density at radius 2 is 0.619 bits per heavy atom. The van der Waals surface area contributed by atoms with Gasteiger partial charge in [0.2, 0.25) is 29.5 Å². The van der Waals surface area contributed by atoms with Crippen LogP contribution in [0.2, 0.25) is 0 Å². The van der Waals surface area contributed by atoms with Crippen molar-refractivity contribution < 1.29 is 271 Å². The minimum absolute atomic E-state index is 0.754. The lowest BCUT2D eigenvalue weighted by Crippen LogP contribution is -2.73. The highest BCUT2D eigenvalue weighted by atomic mass is 16.8. The maximum atomic E-state index is 14.4. The van der Waals surface area contributed by atoms with Crippen LogP contribution < -0.4 is 26.6 Å². The molecule has 0 unspecified atom stereocenters. The first-order valence-electron chi connectivity index (χ1n) is 41.4. The van der Waals surface area contributed by atoms with E-state index < -0.39 is 412 Å². The lowest BCUT2D eigenvalue weighted by atomic mass is 9.87. The average molecular weight is 1960 g/mol. The van der Waals surface area contributed by atoms with E-state index in [0.29, 0.717) is 0 Å². The molecule has 44 atom stereocenters. The molecule has 8 rings (SSSR count). The summed E-state index contributed by atoms with van der Waals surface area (Å²) in [7, 11) is 0. The van der Waals surface area contributed by atoms with Crippen molar-refractivity contribution in [2.75, 3.05) is 52.9 Å². The Hall–Kier alpha value is -7.35. The third kappa shape index (κ3) is 25.3. The second-order valence-electron chi connectivity index (χ2n) is 33.0. The van der Waals surface area contributed by atoms with Gasteiger partial charge in [-0.15, -0.1) is 0 Å². The molecular weight excluding hydrogens is 1840 g/mol. The first-order chi connectivity index (χ1) is 62.6. The molecule has 0 aromatic rings. The van der Waals surface area contributed by atoms with Crippen molar-refractivity contribution >= 4 is 65.4 Å². The highest BCUT2D eigenvalue weighted by Gasteiger charge is 2.67. The summed E-state index contributed by atoms with van der Waals surface area (Å²) in [6, 6.07) is -10.5. The van der Waals surface area contributed by atoms with Crippen molar-refractivity contribution in [1.29, 1.82) is 0 Å². The molecule has 0 aliphatic carbocycles. The molecule has 134 heavy (non-hydrogen) atoms. The number of aliphatic hydroxyl groups is 23. The van der Waals surface area contributed by atoms with Gasteiger partial charge in [0.25, 0.3) is 23.1 Å². The number of carbonyl (C=O) groups is 11. The molecule has 8 aliphatic heterocycles. The molecule has 0 saturated carbocycles. The Labute approximate surface area is 755 Å². The zero-order valence-corrected chi connectivity index (χ0v) is 72.1. The summed E-state index contributed by atoms with van der Waals surface area (Å²) in [5.74, 6) is -31.4. The minimum Gasteiger partial charge on any atom is -0.477 e. The van der Waals surface area contributed by atoms with Crippen LogP contribution in [0.4, 0.5) is 0 Å².